The van der Waals surface area contributed by atoms with Gasteiger partial charge in [-0.2, -0.15) is 0 Å². The van der Waals surface area contributed by atoms with Gasteiger partial charge in [-0.15, -0.1) is 11.3 Å². The molecule has 4 heteroatoms. The molecule has 0 spiro atoms. The first-order valence-corrected chi connectivity index (χ1v) is 4.36. The Balaban J connectivity index is 2.88. The average Bonchev–Trinajstić information content (AvgIpc) is 2.50. The lowest BCUT2D eigenvalue weighted by Crippen LogP contribution is -1.93. The first-order valence-electron chi connectivity index (χ1n) is 3.48. The number of carbonyl (C=O) groups is 1. The molecule has 0 atom stereocenters. The summed E-state index contributed by atoms with van der Waals surface area (Å²) in [5.74, 6) is 0.645. The second-order valence-corrected chi connectivity index (χ2v) is 3.31. The molecule has 2 heterocycles. The monoisotopic (exact) mass is 178 g/mol. The van der Waals surface area contributed by atoms with E-state index in [0.29, 0.717) is 11.5 Å². The van der Waals surface area contributed by atoms with Gasteiger partial charge in [-0.05, 0) is 18.4 Å². The summed E-state index contributed by atoms with van der Waals surface area (Å²) in [6.45, 7) is 1.78. The number of aromatic nitrogens is 2. The largest absolute Gasteiger partial charge is 0.296 e. The molecule has 3 nitrogen and oxygen atoms in total. The minimum atomic E-state index is 0.485. The molecule has 60 valence electrons. The van der Waals surface area contributed by atoms with E-state index in [0.717, 1.165) is 16.5 Å². The van der Waals surface area contributed by atoms with Gasteiger partial charge in [0.2, 0.25) is 0 Å². The minimum absolute atomic E-state index is 0.485. The number of thiophene rings is 1. The second-order valence-electron chi connectivity index (χ2n) is 2.41. The van der Waals surface area contributed by atoms with Crippen molar-refractivity contribution in [2.45, 2.75) is 6.92 Å². The van der Waals surface area contributed by atoms with E-state index in [2.05, 4.69) is 9.97 Å². The summed E-state index contributed by atoms with van der Waals surface area (Å²) in [7, 11) is 0. The number of aldehydes is 1. The number of fused-ring (bicyclic) bond motifs is 1. The van der Waals surface area contributed by atoms with Crippen LogP contribution in [0.4, 0.5) is 0 Å². The fraction of sp³-hybridized carbons (Fsp3) is 0.125. The topological polar surface area (TPSA) is 42.9 Å². The maximum absolute atomic E-state index is 10.6. The Hall–Kier alpha value is -1.29. The highest BCUT2D eigenvalue weighted by molar-refractivity contribution is 7.16. The first-order chi connectivity index (χ1) is 5.81. The van der Waals surface area contributed by atoms with Crippen LogP contribution < -0.4 is 0 Å². The van der Waals surface area contributed by atoms with Crippen LogP contribution in [0.3, 0.4) is 0 Å². The van der Waals surface area contributed by atoms with Crippen molar-refractivity contribution in [2.75, 3.05) is 0 Å². The lowest BCUT2D eigenvalue weighted by molar-refractivity contribution is 0.112. The van der Waals surface area contributed by atoms with Crippen LogP contribution in [0.25, 0.3) is 10.2 Å². The van der Waals surface area contributed by atoms with Crippen LogP contribution in [0.5, 0.6) is 0 Å². The van der Waals surface area contributed by atoms with Gasteiger partial charge in [0.25, 0.3) is 0 Å². The van der Waals surface area contributed by atoms with Gasteiger partial charge in [0, 0.05) is 5.39 Å². The third-order valence-electron chi connectivity index (χ3n) is 1.58. The lowest BCUT2D eigenvalue weighted by Gasteiger charge is -1.94. The average molecular weight is 178 g/mol. The predicted molar refractivity (Wildman–Crippen MR) is 47.5 cm³/mol. The van der Waals surface area contributed by atoms with Crippen LogP contribution >= 0.6 is 11.3 Å². The standard InChI is InChI=1S/C8H6N2OS/c1-5-9-7(4-11)6-2-3-12-8(6)10-5/h2-4H,1H3. The molecule has 2 aromatic heterocycles. The number of rotatable bonds is 1. The molecule has 0 amide bonds. The maximum Gasteiger partial charge on any atom is 0.169 e. The predicted octanol–water partition coefficient (Wildman–Crippen LogP) is 1.81. The van der Waals surface area contributed by atoms with E-state index in [-0.39, 0.29) is 0 Å². The third-order valence-corrected chi connectivity index (χ3v) is 2.38. The molecule has 0 aliphatic heterocycles. The van der Waals surface area contributed by atoms with Crippen molar-refractivity contribution in [2.24, 2.45) is 0 Å². The van der Waals surface area contributed by atoms with Crippen LogP contribution in [0, 0.1) is 6.92 Å². The highest BCUT2D eigenvalue weighted by Gasteiger charge is 2.04. The molecule has 0 bridgehead atoms. The Bertz CT molecular complexity index is 436. The minimum Gasteiger partial charge on any atom is -0.296 e. The zero-order chi connectivity index (χ0) is 8.55. The molecule has 0 fully saturated rings. The zero-order valence-corrected chi connectivity index (χ0v) is 7.26. The number of carbonyl (C=O) groups excluding carboxylic acids is 1. The molecule has 12 heavy (non-hydrogen) atoms. The maximum atomic E-state index is 10.6. The zero-order valence-electron chi connectivity index (χ0n) is 6.44. The van der Waals surface area contributed by atoms with Gasteiger partial charge in [0.15, 0.2) is 6.29 Å². The second kappa shape index (κ2) is 2.64. The molecule has 0 saturated heterocycles. The van der Waals surface area contributed by atoms with Gasteiger partial charge in [-0.3, -0.25) is 4.79 Å². The fourth-order valence-electron chi connectivity index (χ4n) is 1.08. The summed E-state index contributed by atoms with van der Waals surface area (Å²) < 4.78 is 0. The van der Waals surface area contributed by atoms with Gasteiger partial charge in [-0.25, -0.2) is 9.97 Å². The van der Waals surface area contributed by atoms with E-state index in [4.69, 9.17) is 0 Å². The Labute approximate surface area is 73.1 Å². The van der Waals surface area contributed by atoms with E-state index >= 15 is 0 Å². The smallest absolute Gasteiger partial charge is 0.169 e. The van der Waals surface area contributed by atoms with E-state index in [9.17, 15) is 4.79 Å². The van der Waals surface area contributed by atoms with E-state index in [1.54, 1.807) is 6.92 Å². The number of hydrogen-bond donors (Lipinski definition) is 0. The van der Waals surface area contributed by atoms with Crippen molar-refractivity contribution in [3.8, 4) is 0 Å². The number of aryl methyl sites for hydroxylation is 1. The van der Waals surface area contributed by atoms with Crippen LogP contribution in [0.1, 0.15) is 16.3 Å². The van der Waals surface area contributed by atoms with Crippen LogP contribution in [0.15, 0.2) is 11.4 Å². The Morgan fingerprint density at radius 3 is 3.08 bits per heavy atom. The summed E-state index contributed by atoms with van der Waals surface area (Å²) >= 11 is 1.52. The van der Waals surface area contributed by atoms with Gasteiger partial charge < -0.3 is 0 Å². The van der Waals surface area contributed by atoms with Gasteiger partial charge in [0.1, 0.15) is 16.3 Å². The van der Waals surface area contributed by atoms with Gasteiger partial charge >= 0.3 is 0 Å². The van der Waals surface area contributed by atoms with Crippen LogP contribution in [-0.4, -0.2) is 16.3 Å². The molecule has 0 aliphatic carbocycles. The van der Waals surface area contributed by atoms with Crippen molar-refractivity contribution in [3.05, 3.63) is 23.0 Å². The fourth-order valence-corrected chi connectivity index (χ4v) is 1.90. The van der Waals surface area contributed by atoms with Crippen molar-refractivity contribution in [3.63, 3.8) is 0 Å². The highest BCUT2D eigenvalue weighted by atomic mass is 32.1. The number of hydrogen-bond acceptors (Lipinski definition) is 4. The normalized spacial score (nSPS) is 10.4. The van der Waals surface area contributed by atoms with Crippen molar-refractivity contribution in [1.29, 1.82) is 0 Å². The molecule has 0 aromatic carbocycles. The molecule has 0 unspecified atom stereocenters. The molecule has 0 saturated carbocycles. The molecule has 2 rings (SSSR count). The van der Waals surface area contributed by atoms with Gasteiger partial charge in [-0.1, -0.05) is 0 Å². The Morgan fingerprint density at radius 1 is 1.50 bits per heavy atom. The Kier molecular flexibility index (Phi) is 1.62. The van der Waals surface area contributed by atoms with Gasteiger partial charge in [0.05, 0.1) is 0 Å². The van der Waals surface area contributed by atoms with Crippen molar-refractivity contribution < 1.29 is 4.79 Å². The van der Waals surface area contributed by atoms with E-state index in [1.807, 2.05) is 11.4 Å². The number of nitrogens with zero attached hydrogens (tertiary/aromatic N) is 2. The Morgan fingerprint density at radius 2 is 2.33 bits per heavy atom. The molecular weight excluding hydrogens is 172 g/mol. The SMILES string of the molecule is Cc1nc(C=O)c2ccsc2n1. The van der Waals surface area contributed by atoms with E-state index < -0.39 is 0 Å². The van der Waals surface area contributed by atoms with Crippen molar-refractivity contribution in [1.82, 2.24) is 9.97 Å². The molecule has 0 radical (unpaired) electrons. The van der Waals surface area contributed by atoms with Crippen LogP contribution in [0.2, 0.25) is 0 Å². The molecular formula is C8H6N2OS. The summed E-state index contributed by atoms with van der Waals surface area (Å²) in [4.78, 5) is 19.7. The molecule has 0 aliphatic rings. The summed E-state index contributed by atoms with van der Waals surface area (Å²) in [5, 5.41) is 2.76. The first kappa shape index (κ1) is 7.36. The quantitative estimate of drug-likeness (QED) is 0.625. The summed E-state index contributed by atoms with van der Waals surface area (Å²) in [6.07, 6.45) is 0.768. The summed E-state index contributed by atoms with van der Waals surface area (Å²) in [5.41, 5.74) is 0.485. The van der Waals surface area contributed by atoms with E-state index in [1.165, 1.54) is 11.3 Å². The molecule has 2 aromatic rings. The van der Waals surface area contributed by atoms with Crippen LogP contribution in [-0.2, 0) is 0 Å². The van der Waals surface area contributed by atoms with Crippen molar-refractivity contribution >= 4 is 27.8 Å². The lowest BCUT2D eigenvalue weighted by atomic mass is 10.3. The summed E-state index contributed by atoms with van der Waals surface area (Å²) in [6, 6.07) is 1.86. The third kappa shape index (κ3) is 1.00. The highest BCUT2D eigenvalue weighted by Crippen LogP contribution is 2.19. The molecule has 0 N–H and O–H groups in total.